The number of carbonyl (C=O) groups excluding carboxylic acids is 1. The van der Waals surface area contributed by atoms with E-state index >= 15 is 0 Å². The topological polar surface area (TPSA) is 81.6 Å². The van der Waals surface area contributed by atoms with Crippen molar-refractivity contribution in [2.75, 3.05) is 36.9 Å². The minimum atomic E-state index is -0.429. The van der Waals surface area contributed by atoms with Crippen molar-refractivity contribution in [1.82, 2.24) is 0 Å². The van der Waals surface area contributed by atoms with Crippen LogP contribution in [-0.4, -0.2) is 32.2 Å². The van der Waals surface area contributed by atoms with Gasteiger partial charge in [0.25, 0.3) is 5.91 Å². The third kappa shape index (κ3) is 2.09. The molecule has 16 heavy (non-hydrogen) atoms. The summed E-state index contributed by atoms with van der Waals surface area (Å²) in [6.45, 7) is 2.83. The van der Waals surface area contributed by atoms with E-state index < -0.39 is 5.91 Å². The maximum atomic E-state index is 11.3. The molecule has 0 unspecified atom stereocenters. The molecule has 0 radical (unpaired) electrons. The second-order valence-corrected chi connectivity index (χ2v) is 3.74. The third-order valence-corrected chi connectivity index (χ3v) is 2.64. The molecule has 0 saturated carbocycles. The molecule has 0 atom stereocenters. The molecule has 4 N–H and O–H groups in total. The summed E-state index contributed by atoms with van der Waals surface area (Å²) in [5.41, 5.74) is 13.0. The summed E-state index contributed by atoms with van der Waals surface area (Å²) in [7, 11) is 0. The van der Waals surface area contributed by atoms with Gasteiger partial charge in [0.1, 0.15) is 0 Å². The summed E-state index contributed by atoms with van der Waals surface area (Å²) in [4.78, 5) is 13.4. The van der Waals surface area contributed by atoms with E-state index in [0.717, 1.165) is 18.8 Å². The Labute approximate surface area is 94.0 Å². The van der Waals surface area contributed by atoms with Gasteiger partial charge in [-0.3, -0.25) is 4.79 Å². The van der Waals surface area contributed by atoms with Gasteiger partial charge in [-0.25, -0.2) is 0 Å². The minimum absolute atomic E-state index is 0.429. The number of carbonyl (C=O) groups is 1. The molecule has 0 spiro atoms. The average Bonchev–Trinajstić information content (AvgIpc) is 2.29. The standard InChI is InChI=1S/C11H15N3O2/c12-8-1-2-9(11(13)15)10(7-8)14-3-5-16-6-4-14/h1-2,7H,3-6,12H2,(H2,13,15). The molecular weight excluding hydrogens is 206 g/mol. The van der Waals surface area contributed by atoms with Crippen molar-refractivity contribution < 1.29 is 9.53 Å². The molecule has 1 aromatic rings. The number of primary amides is 1. The van der Waals surface area contributed by atoms with Gasteiger partial charge in [0, 0.05) is 18.8 Å². The summed E-state index contributed by atoms with van der Waals surface area (Å²) >= 11 is 0. The lowest BCUT2D eigenvalue weighted by Gasteiger charge is -2.30. The lowest BCUT2D eigenvalue weighted by molar-refractivity contribution is 0.0998. The van der Waals surface area contributed by atoms with E-state index in [1.165, 1.54) is 0 Å². The third-order valence-electron chi connectivity index (χ3n) is 2.64. The molecule has 0 aromatic heterocycles. The second kappa shape index (κ2) is 4.40. The molecule has 1 heterocycles. The van der Waals surface area contributed by atoms with Crippen LogP contribution in [0.4, 0.5) is 11.4 Å². The van der Waals surface area contributed by atoms with E-state index in [1.54, 1.807) is 18.2 Å². The fourth-order valence-electron chi connectivity index (χ4n) is 1.82. The first kappa shape index (κ1) is 10.8. The summed E-state index contributed by atoms with van der Waals surface area (Å²) in [6, 6.07) is 5.14. The Morgan fingerprint density at radius 2 is 2.00 bits per heavy atom. The number of rotatable bonds is 2. The van der Waals surface area contributed by atoms with Gasteiger partial charge in [-0.1, -0.05) is 0 Å². The highest BCUT2D eigenvalue weighted by Gasteiger charge is 2.17. The molecule has 1 fully saturated rings. The van der Waals surface area contributed by atoms with Crippen molar-refractivity contribution in [3.05, 3.63) is 23.8 Å². The lowest BCUT2D eigenvalue weighted by atomic mass is 10.1. The Balaban J connectivity index is 2.36. The molecule has 5 heteroatoms. The van der Waals surface area contributed by atoms with E-state index in [1.807, 2.05) is 0 Å². The van der Waals surface area contributed by atoms with E-state index in [2.05, 4.69) is 4.90 Å². The molecule has 1 aliphatic rings. The SMILES string of the molecule is NC(=O)c1ccc(N)cc1N1CCOCC1. The zero-order valence-corrected chi connectivity index (χ0v) is 8.98. The maximum Gasteiger partial charge on any atom is 0.250 e. The number of anilines is 2. The van der Waals surface area contributed by atoms with Crippen LogP contribution in [0.25, 0.3) is 0 Å². The summed E-state index contributed by atoms with van der Waals surface area (Å²) in [5.74, 6) is -0.429. The Hall–Kier alpha value is -1.75. The van der Waals surface area contributed by atoms with Crippen LogP contribution in [-0.2, 0) is 4.74 Å². The highest BCUT2D eigenvalue weighted by Crippen LogP contribution is 2.24. The number of nitrogen functional groups attached to an aromatic ring is 1. The smallest absolute Gasteiger partial charge is 0.250 e. The Morgan fingerprint density at radius 1 is 1.31 bits per heavy atom. The van der Waals surface area contributed by atoms with Gasteiger partial charge in [0.05, 0.1) is 24.5 Å². The Bertz CT molecular complexity index is 400. The number of amides is 1. The first-order valence-corrected chi connectivity index (χ1v) is 5.20. The number of nitrogens with zero attached hydrogens (tertiary/aromatic N) is 1. The molecule has 1 aromatic carbocycles. The molecule has 0 aliphatic carbocycles. The number of morpholine rings is 1. The van der Waals surface area contributed by atoms with Crippen LogP contribution in [0.5, 0.6) is 0 Å². The van der Waals surface area contributed by atoms with Crippen molar-refractivity contribution in [3.63, 3.8) is 0 Å². The van der Waals surface area contributed by atoms with Crippen LogP contribution in [0.2, 0.25) is 0 Å². The monoisotopic (exact) mass is 221 g/mol. The molecule has 1 saturated heterocycles. The zero-order chi connectivity index (χ0) is 11.5. The van der Waals surface area contributed by atoms with Crippen LogP contribution in [0, 0.1) is 0 Å². The van der Waals surface area contributed by atoms with Crippen molar-refractivity contribution in [3.8, 4) is 0 Å². The van der Waals surface area contributed by atoms with Gasteiger partial charge in [-0.05, 0) is 18.2 Å². The quantitative estimate of drug-likeness (QED) is 0.699. The second-order valence-electron chi connectivity index (χ2n) is 3.74. The average molecular weight is 221 g/mol. The van der Waals surface area contributed by atoms with Crippen molar-refractivity contribution >= 4 is 17.3 Å². The fourth-order valence-corrected chi connectivity index (χ4v) is 1.82. The molecule has 1 aliphatic heterocycles. The number of hydrogen-bond acceptors (Lipinski definition) is 4. The first-order chi connectivity index (χ1) is 7.68. The number of hydrogen-bond donors (Lipinski definition) is 2. The molecule has 0 bridgehead atoms. The van der Waals surface area contributed by atoms with Crippen LogP contribution in [0.1, 0.15) is 10.4 Å². The van der Waals surface area contributed by atoms with Gasteiger partial charge in [-0.2, -0.15) is 0 Å². The largest absolute Gasteiger partial charge is 0.399 e. The van der Waals surface area contributed by atoms with E-state index in [9.17, 15) is 4.79 Å². The number of benzene rings is 1. The van der Waals surface area contributed by atoms with E-state index in [0.29, 0.717) is 24.5 Å². The van der Waals surface area contributed by atoms with Gasteiger partial charge in [-0.15, -0.1) is 0 Å². The highest BCUT2D eigenvalue weighted by atomic mass is 16.5. The molecule has 5 nitrogen and oxygen atoms in total. The van der Waals surface area contributed by atoms with Gasteiger partial charge < -0.3 is 21.1 Å². The van der Waals surface area contributed by atoms with Crippen LogP contribution in [0.3, 0.4) is 0 Å². The maximum absolute atomic E-state index is 11.3. The number of ether oxygens (including phenoxy) is 1. The fraction of sp³-hybridized carbons (Fsp3) is 0.364. The van der Waals surface area contributed by atoms with Crippen molar-refractivity contribution in [1.29, 1.82) is 0 Å². The van der Waals surface area contributed by atoms with Crippen LogP contribution in [0.15, 0.2) is 18.2 Å². The Kier molecular flexibility index (Phi) is 2.96. The summed E-state index contributed by atoms with van der Waals surface area (Å²) in [5, 5.41) is 0. The normalized spacial score (nSPS) is 16.1. The first-order valence-electron chi connectivity index (χ1n) is 5.20. The van der Waals surface area contributed by atoms with Crippen molar-refractivity contribution in [2.45, 2.75) is 0 Å². The van der Waals surface area contributed by atoms with Gasteiger partial charge in [0.15, 0.2) is 0 Å². The molecule has 2 rings (SSSR count). The predicted octanol–water partition coefficient (Wildman–Crippen LogP) is 0.204. The van der Waals surface area contributed by atoms with E-state index in [4.69, 9.17) is 16.2 Å². The van der Waals surface area contributed by atoms with Crippen LogP contribution >= 0.6 is 0 Å². The molecule has 1 amide bonds. The Morgan fingerprint density at radius 3 is 2.62 bits per heavy atom. The van der Waals surface area contributed by atoms with Gasteiger partial charge in [0.2, 0.25) is 0 Å². The summed E-state index contributed by atoms with van der Waals surface area (Å²) in [6.07, 6.45) is 0. The number of nitrogens with two attached hydrogens (primary N) is 2. The molecule has 86 valence electrons. The predicted molar refractivity (Wildman–Crippen MR) is 62.4 cm³/mol. The minimum Gasteiger partial charge on any atom is -0.399 e. The van der Waals surface area contributed by atoms with Crippen LogP contribution < -0.4 is 16.4 Å². The molecular formula is C11H15N3O2. The zero-order valence-electron chi connectivity index (χ0n) is 8.98. The van der Waals surface area contributed by atoms with Gasteiger partial charge >= 0.3 is 0 Å². The summed E-state index contributed by atoms with van der Waals surface area (Å²) < 4.78 is 5.26. The van der Waals surface area contributed by atoms with E-state index in [-0.39, 0.29) is 0 Å². The van der Waals surface area contributed by atoms with Crippen molar-refractivity contribution in [2.24, 2.45) is 5.73 Å². The lowest BCUT2D eigenvalue weighted by Crippen LogP contribution is -2.37. The highest BCUT2D eigenvalue weighted by molar-refractivity contribution is 5.99.